The predicted octanol–water partition coefficient (Wildman–Crippen LogP) is 5.02. The van der Waals surface area contributed by atoms with E-state index in [1.807, 2.05) is 17.6 Å². The fourth-order valence-electron chi connectivity index (χ4n) is 3.07. The molecule has 1 aliphatic rings. The molecule has 3 aromatic rings. The van der Waals surface area contributed by atoms with E-state index < -0.39 is 6.36 Å². The molecule has 0 aliphatic carbocycles. The Morgan fingerprint density at radius 3 is 2.78 bits per heavy atom. The maximum Gasteiger partial charge on any atom is 0.573 e. The molecule has 1 N–H and O–H groups in total. The molecule has 1 aromatic heterocycles. The van der Waals surface area contributed by atoms with Crippen LogP contribution in [0.2, 0.25) is 5.02 Å². The van der Waals surface area contributed by atoms with Crippen LogP contribution in [0.1, 0.15) is 18.7 Å². The van der Waals surface area contributed by atoms with Gasteiger partial charge in [-0.3, -0.25) is 4.57 Å². The summed E-state index contributed by atoms with van der Waals surface area (Å²) in [5.41, 5.74) is 2.04. The maximum atomic E-state index is 12.6. The van der Waals surface area contributed by atoms with Gasteiger partial charge in [-0.05, 0) is 30.3 Å². The number of benzene rings is 2. The van der Waals surface area contributed by atoms with E-state index in [2.05, 4.69) is 20.3 Å². The predicted molar refractivity (Wildman–Crippen MR) is 95.4 cm³/mol. The highest BCUT2D eigenvalue weighted by molar-refractivity contribution is 6.31. The minimum Gasteiger partial charge on any atom is -0.406 e. The minimum atomic E-state index is -4.76. The summed E-state index contributed by atoms with van der Waals surface area (Å²) >= 11 is 6.10. The number of halogens is 4. The van der Waals surface area contributed by atoms with Crippen LogP contribution >= 0.6 is 11.6 Å². The first-order valence-corrected chi connectivity index (χ1v) is 8.55. The molecule has 0 radical (unpaired) electrons. The highest BCUT2D eigenvalue weighted by Gasteiger charge is 2.31. The van der Waals surface area contributed by atoms with Crippen LogP contribution in [0, 0.1) is 0 Å². The largest absolute Gasteiger partial charge is 0.573 e. The molecule has 0 fully saturated rings. The second-order valence-electron chi connectivity index (χ2n) is 6.24. The van der Waals surface area contributed by atoms with Gasteiger partial charge in [0.15, 0.2) is 5.82 Å². The molecule has 0 saturated carbocycles. The number of nitrogens with zero attached hydrogens (tertiary/aromatic N) is 3. The van der Waals surface area contributed by atoms with E-state index in [1.165, 1.54) is 18.2 Å². The van der Waals surface area contributed by atoms with E-state index in [9.17, 15) is 13.2 Å². The molecular formula is C18H14ClF3N4O. The third-order valence-electron chi connectivity index (χ3n) is 4.25. The molecule has 2 heterocycles. The van der Waals surface area contributed by atoms with Gasteiger partial charge >= 0.3 is 6.36 Å². The first-order chi connectivity index (χ1) is 12.8. The lowest BCUT2D eigenvalue weighted by Gasteiger charge is -2.13. The average Bonchev–Trinajstić information content (AvgIpc) is 2.98. The number of aromatic nitrogens is 3. The van der Waals surface area contributed by atoms with Crippen molar-refractivity contribution < 1.29 is 17.9 Å². The highest BCUT2D eigenvalue weighted by Crippen LogP contribution is 2.36. The molecule has 0 amide bonds. The Balaban J connectivity index is 1.86. The fraction of sp³-hybridized carbons (Fsp3) is 0.222. The van der Waals surface area contributed by atoms with E-state index in [-0.39, 0.29) is 11.7 Å². The van der Waals surface area contributed by atoms with Gasteiger partial charge in [-0.1, -0.05) is 30.7 Å². The zero-order valence-electron chi connectivity index (χ0n) is 14.1. The number of hydrogen-bond donors (Lipinski definition) is 1. The van der Waals surface area contributed by atoms with Crippen molar-refractivity contribution in [2.24, 2.45) is 0 Å². The molecule has 0 spiro atoms. The Kier molecular flexibility index (Phi) is 4.22. The van der Waals surface area contributed by atoms with Gasteiger partial charge in [-0.2, -0.15) is 0 Å². The average molecular weight is 395 g/mol. The lowest BCUT2D eigenvalue weighted by Crippen LogP contribution is -2.17. The summed E-state index contributed by atoms with van der Waals surface area (Å²) in [6.45, 7) is 2.62. The van der Waals surface area contributed by atoms with Crippen LogP contribution in [0.5, 0.6) is 5.75 Å². The molecule has 0 bridgehead atoms. The molecule has 1 aliphatic heterocycles. The SMILES string of the molecule is C[C@@H]1CNc2cc(Cl)ccc2-n2c(-c3cccc(OC(F)(F)F)c3)nnc21. The number of fused-ring (bicyclic) bond motifs is 3. The van der Waals surface area contributed by atoms with Crippen LogP contribution in [0.4, 0.5) is 18.9 Å². The monoisotopic (exact) mass is 394 g/mol. The third kappa shape index (κ3) is 3.44. The Morgan fingerprint density at radius 1 is 1.19 bits per heavy atom. The lowest BCUT2D eigenvalue weighted by molar-refractivity contribution is -0.274. The second kappa shape index (κ2) is 6.45. The quantitative estimate of drug-likeness (QED) is 0.663. The number of alkyl halides is 3. The Morgan fingerprint density at radius 2 is 2.00 bits per heavy atom. The third-order valence-corrected chi connectivity index (χ3v) is 4.49. The molecule has 2 aromatic carbocycles. The summed E-state index contributed by atoms with van der Waals surface area (Å²) in [5.74, 6) is 0.859. The van der Waals surface area contributed by atoms with Crippen LogP contribution < -0.4 is 10.1 Å². The van der Waals surface area contributed by atoms with Gasteiger partial charge in [0, 0.05) is 23.0 Å². The number of rotatable bonds is 2. The molecular weight excluding hydrogens is 381 g/mol. The Hall–Kier alpha value is -2.74. The van der Waals surface area contributed by atoms with E-state index in [0.717, 1.165) is 11.4 Å². The zero-order valence-corrected chi connectivity index (χ0v) is 14.8. The van der Waals surface area contributed by atoms with Crippen molar-refractivity contribution >= 4 is 17.3 Å². The summed E-state index contributed by atoms with van der Waals surface area (Å²) in [4.78, 5) is 0. The molecule has 140 valence electrons. The van der Waals surface area contributed by atoms with Crippen LogP contribution in [0.25, 0.3) is 17.1 Å². The van der Waals surface area contributed by atoms with Crippen LogP contribution in [0.15, 0.2) is 42.5 Å². The summed E-state index contributed by atoms with van der Waals surface area (Å²) in [6.07, 6.45) is -4.76. The number of ether oxygens (including phenoxy) is 1. The Labute approximate surface area is 157 Å². The standard InChI is InChI=1S/C18H14ClF3N4O/c1-10-9-23-14-8-12(19)5-6-15(14)26-16(10)24-25-17(26)11-3-2-4-13(7-11)27-18(20,21)22/h2-8,10,23H,9H2,1H3/t10-/m1/s1. The van der Waals surface area contributed by atoms with Crippen molar-refractivity contribution in [3.63, 3.8) is 0 Å². The first kappa shape index (κ1) is 17.7. The molecule has 9 heteroatoms. The van der Waals surface area contributed by atoms with Crippen molar-refractivity contribution in [2.45, 2.75) is 19.2 Å². The van der Waals surface area contributed by atoms with Gasteiger partial charge < -0.3 is 10.1 Å². The molecule has 1 atom stereocenters. The maximum absolute atomic E-state index is 12.6. The van der Waals surface area contributed by atoms with Gasteiger partial charge in [0.2, 0.25) is 0 Å². The lowest BCUT2D eigenvalue weighted by atomic mass is 10.1. The smallest absolute Gasteiger partial charge is 0.406 e. The highest BCUT2D eigenvalue weighted by atomic mass is 35.5. The van der Waals surface area contributed by atoms with Gasteiger partial charge in [0.1, 0.15) is 11.6 Å². The van der Waals surface area contributed by atoms with E-state index >= 15 is 0 Å². The Bertz CT molecular complexity index is 1000. The van der Waals surface area contributed by atoms with Crippen molar-refractivity contribution in [1.29, 1.82) is 0 Å². The van der Waals surface area contributed by atoms with E-state index in [0.29, 0.717) is 28.8 Å². The van der Waals surface area contributed by atoms with Crippen molar-refractivity contribution in [3.05, 3.63) is 53.3 Å². The first-order valence-electron chi connectivity index (χ1n) is 8.17. The molecule has 0 unspecified atom stereocenters. The zero-order chi connectivity index (χ0) is 19.2. The number of hydrogen-bond acceptors (Lipinski definition) is 4. The van der Waals surface area contributed by atoms with E-state index in [4.69, 9.17) is 11.6 Å². The van der Waals surface area contributed by atoms with Crippen LogP contribution in [0.3, 0.4) is 0 Å². The normalized spacial score (nSPS) is 16.1. The fourth-order valence-corrected chi connectivity index (χ4v) is 3.24. The van der Waals surface area contributed by atoms with Crippen LogP contribution in [-0.4, -0.2) is 27.7 Å². The summed E-state index contributed by atoms with van der Waals surface area (Å²) in [7, 11) is 0. The summed E-state index contributed by atoms with van der Waals surface area (Å²) in [5, 5.41) is 12.4. The second-order valence-corrected chi connectivity index (χ2v) is 6.67. The van der Waals surface area contributed by atoms with Gasteiger partial charge in [-0.15, -0.1) is 23.4 Å². The molecule has 4 rings (SSSR count). The van der Waals surface area contributed by atoms with Gasteiger partial charge in [0.05, 0.1) is 11.4 Å². The topological polar surface area (TPSA) is 52.0 Å². The van der Waals surface area contributed by atoms with Crippen molar-refractivity contribution in [3.8, 4) is 22.8 Å². The minimum absolute atomic E-state index is 0.0343. The van der Waals surface area contributed by atoms with E-state index in [1.54, 1.807) is 18.2 Å². The summed E-state index contributed by atoms with van der Waals surface area (Å²) in [6, 6.07) is 11.1. The van der Waals surface area contributed by atoms with Crippen molar-refractivity contribution in [2.75, 3.05) is 11.9 Å². The van der Waals surface area contributed by atoms with Gasteiger partial charge in [-0.25, -0.2) is 0 Å². The number of nitrogens with one attached hydrogen (secondary N) is 1. The molecule has 5 nitrogen and oxygen atoms in total. The summed E-state index contributed by atoms with van der Waals surface area (Å²) < 4.78 is 43.5. The van der Waals surface area contributed by atoms with Crippen molar-refractivity contribution in [1.82, 2.24) is 14.8 Å². The molecule has 27 heavy (non-hydrogen) atoms. The van der Waals surface area contributed by atoms with Gasteiger partial charge in [0.25, 0.3) is 0 Å². The number of anilines is 1. The van der Waals surface area contributed by atoms with Crippen LogP contribution in [-0.2, 0) is 0 Å². The molecule has 0 saturated heterocycles.